The lowest BCUT2D eigenvalue weighted by atomic mass is 9.99. The van der Waals surface area contributed by atoms with Gasteiger partial charge in [0, 0.05) is 33.9 Å². The van der Waals surface area contributed by atoms with E-state index in [9.17, 15) is 4.79 Å². The molecule has 126 valence electrons. The number of ketones is 1. The summed E-state index contributed by atoms with van der Waals surface area (Å²) in [5, 5.41) is 2.45. The molecule has 0 saturated heterocycles. The lowest BCUT2D eigenvalue weighted by molar-refractivity contribution is 0.101. The van der Waals surface area contributed by atoms with Crippen LogP contribution in [0, 0.1) is 5.92 Å². The fourth-order valence-electron chi connectivity index (χ4n) is 3.64. The number of para-hydroxylation sites is 1. The van der Waals surface area contributed by atoms with Crippen LogP contribution in [0.3, 0.4) is 0 Å². The summed E-state index contributed by atoms with van der Waals surface area (Å²) < 4.78 is 2.46. The Hall–Kier alpha value is -2.09. The van der Waals surface area contributed by atoms with Crippen LogP contribution in [0.2, 0.25) is 0 Å². The number of benzene rings is 2. The first-order chi connectivity index (χ1) is 11.7. The topological polar surface area (TPSA) is 22.0 Å². The first kappa shape index (κ1) is 16.8. The molecule has 3 rings (SSSR count). The average Bonchev–Trinajstić information content (AvgIpc) is 2.92. The van der Waals surface area contributed by atoms with Crippen LogP contribution in [0.25, 0.3) is 21.8 Å². The van der Waals surface area contributed by atoms with Crippen molar-refractivity contribution >= 4 is 27.6 Å². The van der Waals surface area contributed by atoms with Gasteiger partial charge in [0.15, 0.2) is 5.78 Å². The molecule has 1 aromatic heterocycles. The van der Waals surface area contributed by atoms with Gasteiger partial charge in [-0.15, -0.1) is 0 Å². The van der Waals surface area contributed by atoms with E-state index in [1.54, 1.807) is 6.92 Å². The Balaban J connectivity index is 2.12. The van der Waals surface area contributed by atoms with Crippen LogP contribution in [0.5, 0.6) is 0 Å². The summed E-state index contributed by atoms with van der Waals surface area (Å²) in [6.45, 7) is 7.25. The van der Waals surface area contributed by atoms with Gasteiger partial charge in [-0.05, 0) is 43.5 Å². The highest BCUT2D eigenvalue weighted by Crippen LogP contribution is 2.31. The number of hydrogen-bond acceptors (Lipinski definition) is 1. The molecule has 0 aliphatic heterocycles. The maximum Gasteiger partial charge on any atom is 0.159 e. The van der Waals surface area contributed by atoms with Gasteiger partial charge < -0.3 is 4.57 Å². The molecular formula is C22H27NO. The van der Waals surface area contributed by atoms with Crippen molar-refractivity contribution in [1.82, 2.24) is 4.57 Å². The zero-order valence-electron chi connectivity index (χ0n) is 15.0. The summed E-state index contributed by atoms with van der Waals surface area (Å²) in [7, 11) is 0. The van der Waals surface area contributed by atoms with E-state index in [4.69, 9.17) is 0 Å². The first-order valence-corrected chi connectivity index (χ1v) is 9.17. The van der Waals surface area contributed by atoms with Crippen molar-refractivity contribution in [3.63, 3.8) is 0 Å². The minimum Gasteiger partial charge on any atom is -0.340 e. The Morgan fingerprint density at radius 2 is 1.79 bits per heavy atom. The van der Waals surface area contributed by atoms with Crippen LogP contribution in [-0.2, 0) is 6.54 Å². The van der Waals surface area contributed by atoms with E-state index < -0.39 is 0 Å². The number of carbonyl (C=O) groups excluding carboxylic acids is 1. The quantitative estimate of drug-likeness (QED) is 0.474. The highest BCUT2D eigenvalue weighted by Gasteiger charge is 2.15. The van der Waals surface area contributed by atoms with Gasteiger partial charge in [0.25, 0.3) is 0 Å². The molecule has 1 unspecified atom stereocenters. The molecule has 0 bridgehead atoms. The van der Waals surface area contributed by atoms with Crippen molar-refractivity contribution in [2.45, 2.75) is 53.0 Å². The van der Waals surface area contributed by atoms with Crippen LogP contribution in [0.1, 0.15) is 56.8 Å². The molecule has 0 spiro atoms. The van der Waals surface area contributed by atoms with E-state index in [-0.39, 0.29) is 5.78 Å². The van der Waals surface area contributed by atoms with Crippen molar-refractivity contribution in [3.8, 4) is 0 Å². The molecule has 2 aromatic carbocycles. The van der Waals surface area contributed by atoms with Gasteiger partial charge in [-0.25, -0.2) is 0 Å². The monoisotopic (exact) mass is 321 g/mol. The second-order valence-electron chi connectivity index (χ2n) is 6.83. The maximum absolute atomic E-state index is 11.8. The van der Waals surface area contributed by atoms with E-state index in [2.05, 4.69) is 54.8 Å². The Kier molecular flexibility index (Phi) is 5.03. The van der Waals surface area contributed by atoms with Crippen LogP contribution in [0.4, 0.5) is 0 Å². The Labute approximate surface area is 144 Å². The van der Waals surface area contributed by atoms with Crippen molar-refractivity contribution in [3.05, 3.63) is 48.0 Å². The normalized spacial score (nSPS) is 12.8. The maximum atomic E-state index is 11.8. The number of nitrogens with zero attached hydrogens (tertiary/aromatic N) is 1. The van der Waals surface area contributed by atoms with Crippen LogP contribution in [-0.4, -0.2) is 10.4 Å². The van der Waals surface area contributed by atoms with Crippen LogP contribution < -0.4 is 0 Å². The van der Waals surface area contributed by atoms with E-state index >= 15 is 0 Å². The summed E-state index contributed by atoms with van der Waals surface area (Å²) in [4.78, 5) is 11.8. The van der Waals surface area contributed by atoms with Crippen molar-refractivity contribution < 1.29 is 4.79 Å². The molecule has 2 nitrogen and oxygen atoms in total. The number of carbonyl (C=O) groups is 1. The second-order valence-corrected chi connectivity index (χ2v) is 6.83. The molecule has 0 aliphatic carbocycles. The Morgan fingerprint density at radius 1 is 1.04 bits per heavy atom. The van der Waals surface area contributed by atoms with Gasteiger partial charge in [-0.1, -0.05) is 51.3 Å². The highest BCUT2D eigenvalue weighted by atomic mass is 16.1. The van der Waals surface area contributed by atoms with E-state index in [0.29, 0.717) is 5.92 Å². The second kappa shape index (κ2) is 7.21. The molecule has 0 amide bonds. The molecule has 0 saturated carbocycles. The lowest BCUT2D eigenvalue weighted by Crippen LogP contribution is -2.10. The fourth-order valence-corrected chi connectivity index (χ4v) is 3.64. The summed E-state index contributed by atoms with van der Waals surface area (Å²) in [6.07, 6.45) is 5.04. The van der Waals surface area contributed by atoms with Crippen molar-refractivity contribution in [2.24, 2.45) is 5.92 Å². The molecule has 3 aromatic rings. The summed E-state index contributed by atoms with van der Waals surface area (Å²) >= 11 is 0. The first-order valence-electron chi connectivity index (χ1n) is 9.17. The third kappa shape index (κ3) is 3.10. The van der Waals surface area contributed by atoms with Gasteiger partial charge in [-0.2, -0.15) is 0 Å². The molecule has 0 fully saturated rings. The number of aromatic nitrogens is 1. The summed E-state index contributed by atoms with van der Waals surface area (Å²) in [5.74, 6) is 0.833. The third-order valence-corrected chi connectivity index (χ3v) is 5.16. The molecule has 0 radical (unpaired) electrons. The SMILES string of the molecule is CCCCC(CC)Cn1c2ccccc2c2cc(C(C)=O)ccc21. The minimum atomic E-state index is 0.128. The van der Waals surface area contributed by atoms with Crippen molar-refractivity contribution in [2.75, 3.05) is 0 Å². The summed E-state index contributed by atoms with van der Waals surface area (Å²) in [6, 6.07) is 14.7. The number of fused-ring (bicyclic) bond motifs is 3. The van der Waals surface area contributed by atoms with E-state index in [0.717, 1.165) is 12.1 Å². The number of rotatable bonds is 7. The fraction of sp³-hybridized carbons (Fsp3) is 0.409. The molecule has 1 heterocycles. The molecular weight excluding hydrogens is 294 g/mol. The molecule has 1 atom stereocenters. The molecule has 0 N–H and O–H groups in total. The van der Waals surface area contributed by atoms with E-state index in [1.807, 2.05) is 6.07 Å². The smallest absolute Gasteiger partial charge is 0.159 e. The van der Waals surface area contributed by atoms with Gasteiger partial charge in [0.05, 0.1) is 0 Å². The number of Topliss-reactive ketones (excluding diaryl/α,β-unsaturated/α-hetero) is 1. The lowest BCUT2D eigenvalue weighted by Gasteiger charge is -2.17. The zero-order valence-corrected chi connectivity index (χ0v) is 15.0. The zero-order chi connectivity index (χ0) is 17.1. The largest absolute Gasteiger partial charge is 0.340 e. The minimum absolute atomic E-state index is 0.128. The Bertz CT molecular complexity index is 859. The predicted octanol–water partition coefficient (Wildman–Crippen LogP) is 6.21. The average molecular weight is 321 g/mol. The standard InChI is InChI=1S/C22H27NO/c1-4-6-9-17(5-2)15-23-21-11-8-7-10-19(21)20-14-18(16(3)24)12-13-22(20)23/h7-8,10-14,17H,4-6,9,15H2,1-3H3. The van der Waals surface area contributed by atoms with Crippen LogP contribution in [0.15, 0.2) is 42.5 Å². The molecule has 0 aliphatic rings. The van der Waals surface area contributed by atoms with Crippen LogP contribution >= 0.6 is 0 Å². The third-order valence-electron chi connectivity index (χ3n) is 5.16. The van der Waals surface area contributed by atoms with Gasteiger partial charge in [0.2, 0.25) is 0 Å². The Morgan fingerprint density at radius 3 is 2.50 bits per heavy atom. The van der Waals surface area contributed by atoms with Gasteiger partial charge >= 0.3 is 0 Å². The van der Waals surface area contributed by atoms with E-state index in [1.165, 1.54) is 47.5 Å². The highest BCUT2D eigenvalue weighted by molar-refractivity contribution is 6.10. The van der Waals surface area contributed by atoms with Crippen molar-refractivity contribution in [1.29, 1.82) is 0 Å². The van der Waals surface area contributed by atoms with Gasteiger partial charge in [0.1, 0.15) is 0 Å². The van der Waals surface area contributed by atoms with Gasteiger partial charge in [-0.3, -0.25) is 4.79 Å². The molecule has 2 heteroatoms. The number of hydrogen-bond donors (Lipinski definition) is 0. The molecule has 24 heavy (non-hydrogen) atoms. The predicted molar refractivity (Wildman–Crippen MR) is 103 cm³/mol. The number of unbranched alkanes of at least 4 members (excludes halogenated alkanes) is 1. The summed E-state index contributed by atoms with van der Waals surface area (Å²) in [5.41, 5.74) is 3.32.